The molecule has 0 aromatic carbocycles. The van der Waals surface area contributed by atoms with Crippen LogP contribution in [-0.2, 0) is 0 Å². The fourth-order valence-corrected chi connectivity index (χ4v) is 1.80. The van der Waals surface area contributed by atoms with Gasteiger partial charge in [-0.15, -0.1) is 11.6 Å². The monoisotopic (exact) mass is 232 g/mol. The Morgan fingerprint density at radius 2 is 2.00 bits per heavy atom. The van der Waals surface area contributed by atoms with Gasteiger partial charge in [-0.1, -0.05) is 34.8 Å². The van der Waals surface area contributed by atoms with Crippen molar-refractivity contribution >= 4 is 46.4 Å². The summed E-state index contributed by atoms with van der Waals surface area (Å²) in [5.41, 5.74) is 0. The highest BCUT2D eigenvalue weighted by Gasteiger charge is 2.36. The maximum Gasteiger partial charge on any atom is 0.180 e. The van der Waals surface area contributed by atoms with Crippen molar-refractivity contribution in [2.45, 2.75) is 10.4 Å². The summed E-state index contributed by atoms with van der Waals surface area (Å²) in [6, 6.07) is 0. The Kier molecular flexibility index (Phi) is 2.78. The molecule has 5 heteroatoms. The summed E-state index contributed by atoms with van der Waals surface area (Å²) in [6.45, 7) is 0. The van der Waals surface area contributed by atoms with Gasteiger partial charge in [-0.3, -0.25) is 0 Å². The highest BCUT2D eigenvalue weighted by Crippen LogP contribution is 2.36. The van der Waals surface area contributed by atoms with Gasteiger partial charge in [0.15, 0.2) is 5.06 Å². The molecule has 1 aliphatic rings. The molecule has 1 aliphatic carbocycles. The van der Waals surface area contributed by atoms with Gasteiger partial charge in [0, 0.05) is 10.1 Å². The fraction of sp³-hybridized carbons (Fsp3) is 0.333. The molecule has 1 N–H and O–H groups in total. The molecule has 11 heavy (non-hydrogen) atoms. The number of aliphatic hydroxyl groups is 1. The molecule has 0 heterocycles. The average Bonchev–Trinajstić information content (AvgIpc) is 1.81. The third-order valence-electron chi connectivity index (χ3n) is 1.21. The largest absolute Gasteiger partial charge is 0.370 e. The van der Waals surface area contributed by atoms with Crippen molar-refractivity contribution in [1.82, 2.24) is 0 Å². The van der Waals surface area contributed by atoms with E-state index in [1.165, 1.54) is 12.2 Å². The lowest BCUT2D eigenvalue weighted by atomic mass is 10.1. The lowest BCUT2D eigenvalue weighted by molar-refractivity contribution is 0.183. The van der Waals surface area contributed by atoms with Gasteiger partial charge in [0.25, 0.3) is 0 Å². The zero-order valence-electron chi connectivity index (χ0n) is 5.19. The molecule has 1 rings (SSSR count). The first-order chi connectivity index (χ1) is 4.93. The van der Waals surface area contributed by atoms with Crippen LogP contribution in [0.4, 0.5) is 0 Å². The van der Waals surface area contributed by atoms with Crippen molar-refractivity contribution in [3.63, 3.8) is 0 Å². The Labute approximate surface area is 84.2 Å². The van der Waals surface area contributed by atoms with Crippen LogP contribution in [0, 0.1) is 0 Å². The Hall–Kier alpha value is 0.600. The van der Waals surface area contributed by atoms with Crippen molar-refractivity contribution in [1.29, 1.82) is 0 Å². The normalized spacial score (nSPS) is 38.1. The standard InChI is InChI=1S/C6H4Cl4O/c7-3-1-4(8)5(9)6(10,11)2-3/h1-2,5,11H. The van der Waals surface area contributed by atoms with E-state index in [0.717, 1.165) is 0 Å². The molecule has 2 atom stereocenters. The second kappa shape index (κ2) is 3.15. The summed E-state index contributed by atoms with van der Waals surface area (Å²) in [4.78, 5) is 0. The van der Waals surface area contributed by atoms with Crippen LogP contribution >= 0.6 is 46.4 Å². The Morgan fingerprint density at radius 1 is 1.45 bits per heavy atom. The van der Waals surface area contributed by atoms with Gasteiger partial charge in [0.05, 0.1) is 0 Å². The van der Waals surface area contributed by atoms with E-state index in [4.69, 9.17) is 46.4 Å². The smallest absolute Gasteiger partial charge is 0.180 e. The van der Waals surface area contributed by atoms with Crippen LogP contribution in [-0.4, -0.2) is 15.5 Å². The van der Waals surface area contributed by atoms with E-state index in [-0.39, 0.29) is 10.1 Å². The summed E-state index contributed by atoms with van der Waals surface area (Å²) in [6.07, 6.45) is 2.68. The van der Waals surface area contributed by atoms with Crippen molar-refractivity contribution in [2.75, 3.05) is 0 Å². The maximum absolute atomic E-state index is 9.33. The van der Waals surface area contributed by atoms with E-state index in [9.17, 15) is 5.11 Å². The van der Waals surface area contributed by atoms with Crippen LogP contribution in [0.2, 0.25) is 0 Å². The summed E-state index contributed by atoms with van der Waals surface area (Å²) < 4.78 is 0. The van der Waals surface area contributed by atoms with Gasteiger partial charge in [-0.25, -0.2) is 0 Å². The van der Waals surface area contributed by atoms with Crippen LogP contribution in [0.15, 0.2) is 22.2 Å². The molecule has 0 radical (unpaired) electrons. The van der Waals surface area contributed by atoms with Crippen LogP contribution in [0.25, 0.3) is 0 Å². The minimum atomic E-state index is -1.68. The topological polar surface area (TPSA) is 20.2 Å². The quantitative estimate of drug-likeness (QED) is 0.639. The summed E-state index contributed by atoms with van der Waals surface area (Å²) >= 11 is 22.4. The third-order valence-corrected chi connectivity index (χ3v) is 2.88. The lowest BCUT2D eigenvalue weighted by Crippen LogP contribution is -2.32. The van der Waals surface area contributed by atoms with Gasteiger partial charge < -0.3 is 5.11 Å². The molecule has 0 aliphatic heterocycles. The maximum atomic E-state index is 9.33. The number of halogens is 4. The van der Waals surface area contributed by atoms with Crippen LogP contribution in [0.5, 0.6) is 0 Å². The predicted octanol–water partition coefficient (Wildman–Crippen LogP) is 2.78. The van der Waals surface area contributed by atoms with E-state index < -0.39 is 10.4 Å². The number of rotatable bonds is 0. The van der Waals surface area contributed by atoms with E-state index >= 15 is 0 Å². The number of allylic oxidation sites excluding steroid dienone is 2. The van der Waals surface area contributed by atoms with Gasteiger partial charge in [-0.2, -0.15) is 0 Å². The highest BCUT2D eigenvalue weighted by molar-refractivity contribution is 6.44. The first kappa shape index (κ1) is 9.69. The molecular formula is C6H4Cl4O. The molecule has 0 spiro atoms. The summed E-state index contributed by atoms with van der Waals surface area (Å²) in [5.74, 6) is 0. The minimum Gasteiger partial charge on any atom is -0.370 e. The predicted molar refractivity (Wildman–Crippen MR) is 48.3 cm³/mol. The number of hydrogen-bond donors (Lipinski definition) is 1. The van der Waals surface area contributed by atoms with Crippen LogP contribution in [0.3, 0.4) is 0 Å². The molecule has 0 fully saturated rings. The Balaban J connectivity index is 3.01. The zero-order chi connectivity index (χ0) is 8.65. The van der Waals surface area contributed by atoms with Crippen molar-refractivity contribution in [3.8, 4) is 0 Å². The molecule has 1 nitrogen and oxygen atoms in total. The second-order valence-corrected chi connectivity index (χ2v) is 4.06. The Morgan fingerprint density at radius 3 is 2.45 bits per heavy atom. The van der Waals surface area contributed by atoms with Crippen molar-refractivity contribution in [3.05, 3.63) is 22.2 Å². The molecule has 0 amide bonds. The van der Waals surface area contributed by atoms with E-state index in [2.05, 4.69) is 0 Å². The minimum absolute atomic E-state index is 0.233. The fourth-order valence-electron chi connectivity index (χ4n) is 0.707. The second-order valence-electron chi connectivity index (χ2n) is 2.15. The first-order valence-corrected chi connectivity index (χ1v) is 4.31. The van der Waals surface area contributed by atoms with E-state index in [1.807, 2.05) is 0 Å². The summed E-state index contributed by atoms with van der Waals surface area (Å²) in [5, 5.41) is 7.33. The number of hydrogen-bond acceptors (Lipinski definition) is 1. The van der Waals surface area contributed by atoms with Crippen LogP contribution < -0.4 is 0 Å². The third kappa shape index (κ3) is 2.04. The molecule has 0 saturated carbocycles. The SMILES string of the molecule is OC1(Cl)C=C(Cl)C=C(Cl)C1Cl. The number of alkyl halides is 2. The molecule has 0 bridgehead atoms. The van der Waals surface area contributed by atoms with E-state index in [0.29, 0.717) is 0 Å². The highest BCUT2D eigenvalue weighted by atomic mass is 35.5. The average molecular weight is 234 g/mol. The zero-order valence-corrected chi connectivity index (χ0v) is 8.21. The van der Waals surface area contributed by atoms with E-state index in [1.54, 1.807) is 0 Å². The lowest BCUT2D eigenvalue weighted by Gasteiger charge is -2.25. The van der Waals surface area contributed by atoms with Crippen molar-refractivity contribution in [2.24, 2.45) is 0 Å². The van der Waals surface area contributed by atoms with Gasteiger partial charge in [0.2, 0.25) is 0 Å². The van der Waals surface area contributed by atoms with Gasteiger partial charge >= 0.3 is 0 Å². The van der Waals surface area contributed by atoms with Crippen molar-refractivity contribution < 1.29 is 5.11 Å². The van der Waals surface area contributed by atoms with Gasteiger partial charge in [0.1, 0.15) is 5.38 Å². The van der Waals surface area contributed by atoms with Crippen LogP contribution in [0.1, 0.15) is 0 Å². The molecule has 2 unspecified atom stereocenters. The molecular weight excluding hydrogens is 230 g/mol. The summed E-state index contributed by atoms with van der Waals surface area (Å²) in [7, 11) is 0. The van der Waals surface area contributed by atoms with Gasteiger partial charge in [-0.05, 0) is 12.2 Å². The first-order valence-electron chi connectivity index (χ1n) is 2.74. The Bertz CT molecular complexity index is 231. The molecule has 0 aromatic rings. The molecule has 62 valence electrons. The molecule has 0 saturated heterocycles. The molecule has 0 aromatic heterocycles.